The molecule has 0 spiro atoms. The highest BCUT2D eigenvalue weighted by molar-refractivity contribution is 5.60. The lowest BCUT2D eigenvalue weighted by molar-refractivity contribution is 0.346. The average Bonchev–Trinajstić information content (AvgIpc) is 2.76. The molecule has 0 saturated carbocycles. The van der Waals surface area contributed by atoms with E-state index in [0.29, 0.717) is 11.5 Å². The van der Waals surface area contributed by atoms with Gasteiger partial charge in [-0.15, -0.1) is 0 Å². The maximum atomic E-state index is 13.3. The number of imidazole rings is 1. The molecular formula is C15H18FN3. The van der Waals surface area contributed by atoms with E-state index < -0.39 is 0 Å². The van der Waals surface area contributed by atoms with Crippen LogP contribution in [0.15, 0.2) is 24.4 Å². The van der Waals surface area contributed by atoms with Crippen molar-refractivity contribution in [3.05, 3.63) is 41.6 Å². The number of benzene rings is 1. The highest BCUT2D eigenvalue weighted by Crippen LogP contribution is 2.29. The average molecular weight is 259 g/mol. The third-order valence-electron chi connectivity index (χ3n) is 3.76. The molecule has 1 aromatic carbocycles. The van der Waals surface area contributed by atoms with E-state index in [0.717, 1.165) is 30.0 Å². The van der Waals surface area contributed by atoms with Crippen LogP contribution in [-0.4, -0.2) is 9.55 Å². The van der Waals surface area contributed by atoms with Gasteiger partial charge in [0.25, 0.3) is 0 Å². The van der Waals surface area contributed by atoms with Gasteiger partial charge in [0.2, 0.25) is 0 Å². The minimum absolute atomic E-state index is 0.000884. The standard InChI is InChI=1S/C15H18FN3/c1-9-5-13(17)15-18-14(8-19(15)7-9)11-3-4-12(16)10(2)6-11/h3-4,6,8-9,13H,5,7,17H2,1-2H3. The smallest absolute Gasteiger partial charge is 0.126 e. The first-order chi connectivity index (χ1) is 9.04. The normalized spacial score (nSPS) is 22.3. The number of rotatable bonds is 1. The predicted molar refractivity (Wildman–Crippen MR) is 73.1 cm³/mol. The molecule has 2 unspecified atom stereocenters. The number of nitrogens with two attached hydrogens (primary N) is 1. The summed E-state index contributed by atoms with van der Waals surface area (Å²) in [6, 6.07) is 5.09. The van der Waals surface area contributed by atoms with Gasteiger partial charge in [-0.1, -0.05) is 6.92 Å². The van der Waals surface area contributed by atoms with Crippen LogP contribution >= 0.6 is 0 Å². The van der Waals surface area contributed by atoms with Crippen LogP contribution in [0, 0.1) is 18.7 Å². The van der Waals surface area contributed by atoms with E-state index in [-0.39, 0.29) is 11.9 Å². The first-order valence-corrected chi connectivity index (χ1v) is 6.64. The van der Waals surface area contributed by atoms with Gasteiger partial charge >= 0.3 is 0 Å². The summed E-state index contributed by atoms with van der Waals surface area (Å²) in [4.78, 5) is 4.62. The Bertz CT molecular complexity index is 618. The van der Waals surface area contributed by atoms with Gasteiger partial charge in [0, 0.05) is 18.3 Å². The fourth-order valence-corrected chi connectivity index (χ4v) is 2.76. The summed E-state index contributed by atoms with van der Waals surface area (Å²) in [5.41, 5.74) is 8.60. The summed E-state index contributed by atoms with van der Waals surface area (Å²) in [5.74, 6) is 1.33. The summed E-state index contributed by atoms with van der Waals surface area (Å²) in [6.07, 6.45) is 3.00. The zero-order valence-electron chi connectivity index (χ0n) is 11.2. The molecule has 4 heteroatoms. The molecule has 0 amide bonds. The van der Waals surface area contributed by atoms with E-state index in [1.165, 1.54) is 6.07 Å². The van der Waals surface area contributed by atoms with Crippen molar-refractivity contribution in [2.24, 2.45) is 11.7 Å². The second-order valence-corrected chi connectivity index (χ2v) is 5.55. The lowest BCUT2D eigenvalue weighted by Gasteiger charge is -2.25. The van der Waals surface area contributed by atoms with Crippen molar-refractivity contribution in [3.8, 4) is 11.3 Å². The van der Waals surface area contributed by atoms with E-state index >= 15 is 0 Å². The topological polar surface area (TPSA) is 43.8 Å². The molecule has 3 rings (SSSR count). The summed E-state index contributed by atoms with van der Waals surface area (Å²) in [6.45, 7) is 4.92. The minimum atomic E-state index is -0.182. The molecule has 0 radical (unpaired) electrons. The van der Waals surface area contributed by atoms with E-state index in [4.69, 9.17) is 5.73 Å². The van der Waals surface area contributed by atoms with Crippen molar-refractivity contribution >= 4 is 0 Å². The Hall–Kier alpha value is -1.68. The molecule has 19 heavy (non-hydrogen) atoms. The highest BCUT2D eigenvalue weighted by Gasteiger charge is 2.24. The zero-order valence-corrected chi connectivity index (χ0v) is 11.2. The molecule has 0 saturated heterocycles. The van der Waals surface area contributed by atoms with Crippen LogP contribution < -0.4 is 5.73 Å². The van der Waals surface area contributed by atoms with Gasteiger partial charge in [-0.3, -0.25) is 0 Å². The Morgan fingerprint density at radius 3 is 2.95 bits per heavy atom. The minimum Gasteiger partial charge on any atom is -0.333 e. The van der Waals surface area contributed by atoms with Crippen LogP contribution in [0.25, 0.3) is 11.3 Å². The highest BCUT2D eigenvalue weighted by atomic mass is 19.1. The van der Waals surface area contributed by atoms with Crippen LogP contribution in [-0.2, 0) is 6.54 Å². The molecule has 0 bridgehead atoms. The van der Waals surface area contributed by atoms with Gasteiger partial charge in [0.15, 0.2) is 0 Å². The van der Waals surface area contributed by atoms with Crippen molar-refractivity contribution in [2.45, 2.75) is 32.9 Å². The molecule has 0 aliphatic carbocycles. The summed E-state index contributed by atoms with van der Waals surface area (Å²) in [7, 11) is 0. The molecule has 100 valence electrons. The quantitative estimate of drug-likeness (QED) is 0.855. The molecular weight excluding hydrogens is 241 g/mol. The second kappa shape index (κ2) is 4.46. The van der Waals surface area contributed by atoms with Gasteiger partial charge in [0.05, 0.1) is 11.7 Å². The third kappa shape index (κ3) is 2.16. The van der Waals surface area contributed by atoms with Crippen molar-refractivity contribution < 1.29 is 4.39 Å². The molecule has 2 aromatic rings. The lowest BCUT2D eigenvalue weighted by atomic mass is 9.98. The number of aryl methyl sites for hydroxylation is 1. The fraction of sp³-hybridized carbons (Fsp3) is 0.400. The van der Waals surface area contributed by atoms with Crippen LogP contribution in [0.5, 0.6) is 0 Å². The zero-order chi connectivity index (χ0) is 13.6. The third-order valence-corrected chi connectivity index (χ3v) is 3.76. The van der Waals surface area contributed by atoms with Crippen LogP contribution in [0.2, 0.25) is 0 Å². The number of nitrogens with zero attached hydrogens (tertiary/aromatic N) is 2. The number of hydrogen-bond acceptors (Lipinski definition) is 2. The monoisotopic (exact) mass is 259 g/mol. The van der Waals surface area contributed by atoms with Crippen molar-refractivity contribution in [3.63, 3.8) is 0 Å². The lowest BCUT2D eigenvalue weighted by Crippen LogP contribution is -2.26. The van der Waals surface area contributed by atoms with Gasteiger partial charge in [0.1, 0.15) is 11.6 Å². The van der Waals surface area contributed by atoms with Crippen LogP contribution in [0.4, 0.5) is 4.39 Å². The largest absolute Gasteiger partial charge is 0.333 e. The molecule has 2 heterocycles. The molecule has 0 fully saturated rings. The van der Waals surface area contributed by atoms with E-state index in [2.05, 4.69) is 16.5 Å². The molecule has 1 aromatic heterocycles. The van der Waals surface area contributed by atoms with Crippen molar-refractivity contribution in [1.82, 2.24) is 9.55 Å². The first-order valence-electron chi connectivity index (χ1n) is 6.64. The number of fused-ring (bicyclic) bond motifs is 1. The fourth-order valence-electron chi connectivity index (χ4n) is 2.76. The van der Waals surface area contributed by atoms with Gasteiger partial charge in [-0.05, 0) is 43.0 Å². The van der Waals surface area contributed by atoms with Gasteiger partial charge in [-0.2, -0.15) is 0 Å². The Balaban J connectivity index is 2.03. The molecule has 1 aliphatic rings. The Labute approximate surface area is 112 Å². The van der Waals surface area contributed by atoms with Gasteiger partial charge < -0.3 is 10.3 Å². The maximum absolute atomic E-state index is 13.3. The summed E-state index contributed by atoms with van der Waals surface area (Å²) >= 11 is 0. The van der Waals surface area contributed by atoms with E-state index in [9.17, 15) is 4.39 Å². The Kier molecular flexibility index (Phi) is 2.90. The van der Waals surface area contributed by atoms with Crippen molar-refractivity contribution in [1.29, 1.82) is 0 Å². The van der Waals surface area contributed by atoms with Gasteiger partial charge in [-0.25, -0.2) is 9.37 Å². The summed E-state index contributed by atoms with van der Waals surface area (Å²) < 4.78 is 15.4. The first kappa shape index (κ1) is 12.4. The Morgan fingerprint density at radius 2 is 2.21 bits per heavy atom. The molecule has 1 aliphatic heterocycles. The molecule has 3 nitrogen and oxygen atoms in total. The maximum Gasteiger partial charge on any atom is 0.126 e. The predicted octanol–water partition coefficient (Wildman–Crippen LogP) is 3.04. The summed E-state index contributed by atoms with van der Waals surface area (Å²) in [5, 5.41) is 0. The SMILES string of the molecule is Cc1cc(-c2cn3c(n2)C(N)CC(C)C3)ccc1F. The second-order valence-electron chi connectivity index (χ2n) is 5.55. The van der Waals surface area contributed by atoms with E-state index in [1.54, 1.807) is 13.0 Å². The number of halogens is 1. The molecule has 2 atom stereocenters. The van der Waals surface area contributed by atoms with E-state index in [1.807, 2.05) is 12.3 Å². The molecule has 2 N–H and O–H groups in total. The number of aromatic nitrogens is 2. The van der Waals surface area contributed by atoms with Crippen LogP contribution in [0.1, 0.15) is 30.8 Å². The number of hydrogen-bond donors (Lipinski definition) is 1. The van der Waals surface area contributed by atoms with Crippen molar-refractivity contribution in [2.75, 3.05) is 0 Å². The Morgan fingerprint density at radius 1 is 1.42 bits per heavy atom. The van der Waals surface area contributed by atoms with Crippen LogP contribution in [0.3, 0.4) is 0 Å².